The standard InChI is InChI=1S/C9H11BrO2S2/c1-2-7(9(11)12)13-5-6-3-4-8(10)14-6/h3-4,7H,2,5H2,1H3,(H,11,12). The Morgan fingerprint density at radius 2 is 2.43 bits per heavy atom. The Hall–Kier alpha value is -0.000000000000000111. The van der Waals surface area contributed by atoms with E-state index < -0.39 is 5.97 Å². The molecule has 1 N–H and O–H groups in total. The molecule has 1 heterocycles. The highest BCUT2D eigenvalue weighted by atomic mass is 79.9. The van der Waals surface area contributed by atoms with E-state index in [0.717, 1.165) is 9.54 Å². The van der Waals surface area contributed by atoms with Crippen molar-refractivity contribution in [2.24, 2.45) is 0 Å². The van der Waals surface area contributed by atoms with Crippen molar-refractivity contribution in [3.05, 3.63) is 20.8 Å². The van der Waals surface area contributed by atoms with Crippen LogP contribution in [0.1, 0.15) is 18.2 Å². The number of carbonyl (C=O) groups is 1. The first-order valence-electron chi connectivity index (χ1n) is 4.22. The molecular weight excluding hydrogens is 284 g/mol. The van der Waals surface area contributed by atoms with Gasteiger partial charge in [0.15, 0.2) is 0 Å². The van der Waals surface area contributed by atoms with Crippen molar-refractivity contribution in [2.75, 3.05) is 0 Å². The van der Waals surface area contributed by atoms with E-state index in [0.29, 0.717) is 6.42 Å². The molecule has 0 radical (unpaired) electrons. The summed E-state index contributed by atoms with van der Waals surface area (Å²) in [5, 5.41) is 8.55. The molecule has 0 bridgehead atoms. The summed E-state index contributed by atoms with van der Waals surface area (Å²) in [6, 6.07) is 4.01. The monoisotopic (exact) mass is 294 g/mol. The summed E-state index contributed by atoms with van der Waals surface area (Å²) in [5.41, 5.74) is 0. The predicted molar refractivity (Wildman–Crippen MR) is 65.0 cm³/mol. The Bertz CT molecular complexity index is 312. The molecule has 0 aliphatic heterocycles. The highest BCUT2D eigenvalue weighted by molar-refractivity contribution is 9.11. The van der Waals surface area contributed by atoms with Crippen molar-refractivity contribution in [2.45, 2.75) is 24.3 Å². The molecule has 0 aliphatic carbocycles. The smallest absolute Gasteiger partial charge is 0.316 e. The van der Waals surface area contributed by atoms with Gasteiger partial charge in [-0.25, -0.2) is 0 Å². The number of thiophene rings is 1. The molecule has 0 amide bonds. The van der Waals surface area contributed by atoms with E-state index in [1.165, 1.54) is 16.6 Å². The first-order valence-corrected chi connectivity index (χ1v) is 6.88. The third-order valence-electron chi connectivity index (χ3n) is 1.70. The van der Waals surface area contributed by atoms with Crippen LogP contribution in [0.5, 0.6) is 0 Å². The van der Waals surface area contributed by atoms with Gasteiger partial charge in [0.2, 0.25) is 0 Å². The first-order chi connectivity index (χ1) is 6.63. The molecular formula is C9H11BrO2S2. The van der Waals surface area contributed by atoms with Crippen molar-refractivity contribution < 1.29 is 9.90 Å². The minimum Gasteiger partial charge on any atom is -0.480 e. The molecule has 0 aliphatic rings. The number of hydrogen-bond acceptors (Lipinski definition) is 3. The molecule has 14 heavy (non-hydrogen) atoms. The summed E-state index contributed by atoms with van der Waals surface area (Å²) in [6.45, 7) is 1.90. The lowest BCUT2D eigenvalue weighted by Crippen LogP contribution is -2.14. The lowest BCUT2D eigenvalue weighted by Gasteiger charge is -2.07. The van der Waals surface area contributed by atoms with Gasteiger partial charge in [-0.3, -0.25) is 4.79 Å². The van der Waals surface area contributed by atoms with Gasteiger partial charge in [0, 0.05) is 10.6 Å². The van der Waals surface area contributed by atoms with Crippen LogP contribution in [-0.4, -0.2) is 16.3 Å². The summed E-state index contributed by atoms with van der Waals surface area (Å²) < 4.78 is 1.09. The molecule has 1 rings (SSSR count). The van der Waals surface area contributed by atoms with Crippen LogP contribution < -0.4 is 0 Å². The third-order valence-corrected chi connectivity index (χ3v) is 4.92. The normalized spacial score (nSPS) is 12.7. The van der Waals surface area contributed by atoms with Gasteiger partial charge >= 0.3 is 5.97 Å². The fourth-order valence-electron chi connectivity index (χ4n) is 0.976. The van der Waals surface area contributed by atoms with E-state index in [-0.39, 0.29) is 5.25 Å². The lowest BCUT2D eigenvalue weighted by atomic mass is 10.3. The zero-order valence-electron chi connectivity index (χ0n) is 7.70. The Balaban J connectivity index is 2.43. The molecule has 1 aromatic heterocycles. The number of carboxylic acids is 1. The Kier molecular flexibility index (Phi) is 4.98. The molecule has 0 spiro atoms. The maximum atomic E-state index is 10.7. The second-order valence-corrected chi connectivity index (χ2v) is 6.49. The second kappa shape index (κ2) is 5.78. The Morgan fingerprint density at radius 3 is 2.86 bits per heavy atom. The zero-order valence-corrected chi connectivity index (χ0v) is 10.9. The molecule has 2 nitrogen and oxygen atoms in total. The van der Waals surface area contributed by atoms with E-state index >= 15 is 0 Å². The van der Waals surface area contributed by atoms with Crippen LogP contribution in [0.15, 0.2) is 15.9 Å². The minimum atomic E-state index is -0.715. The maximum Gasteiger partial charge on any atom is 0.316 e. The number of rotatable bonds is 5. The number of aliphatic carboxylic acids is 1. The van der Waals surface area contributed by atoms with Crippen LogP contribution in [0, 0.1) is 0 Å². The van der Waals surface area contributed by atoms with Crippen molar-refractivity contribution in [1.82, 2.24) is 0 Å². The van der Waals surface area contributed by atoms with Crippen LogP contribution in [0.2, 0.25) is 0 Å². The predicted octanol–water partition coefficient (Wildman–Crippen LogP) is 3.61. The van der Waals surface area contributed by atoms with Crippen LogP contribution in [0.3, 0.4) is 0 Å². The minimum absolute atomic E-state index is 0.282. The molecule has 1 unspecified atom stereocenters. The van der Waals surface area contributed by atoms with Crippen LogP contribution in [0.25, 0.3) is 0 Å². The molecule has 0 saturated heterocycles. The van der Waals surface area contributed by atoms with Crippen molar-refractivity contribution >= 4 is 45.0 Å². The van der Waals surface area contributed by atoms with Crippen molar-refractivity contribution in [1.29, 1.82) is 0 Å². The van der Waals surface area contributed by atoms with Gasteiger partial charge in [0.05, 0.1) is 3.79 Å². The average molecular weight is 295 g/mol. The second-order valence-electron chi connectivity index (χ2n) is 2.75. The molecule has 1 atom stereocenters. The van der Waals surface area contributed by atoms with E-state index in [4.69, 9.17) is 5.11 Å². The van der Waals surface area contributed by atoms with Crippen molar-refractivity contribution in [3.8, 4) is 0 Å². The average Bonchev–Trinajstić information content (AvgIpc) is 2.52. The maximum absolute atomic E-state index is 10.7. The molecule has 0 saturated carbocycles. The largest absolute Gasteiger partial charge is 0.480 e. The Morgan fingerprint density at radius 1 is 1.71 bits per heavy atom. The van der Waals surface area contributed by atoms with Gasteiger partial charge in [0.1, 0.15) is 5.25 Å². The molecule has 1 aromatic rings. The van der Waals surface area contributed by atoms with Crippen molar-refractivity contribution in [3.63, 3.8) is 0 Å². The molecule has 0 aromatic carbocycles. The van der Waals surface area contributed by atoms with Gasteiger partial charge in [-0.15, -0.1) is 23.1 Å². The third kappa shape index (κ3) is 3.63. The summed E-state index contributed by atoms with van der Waals surface area (Å²) in [4.78, 5) is 11.9. The van der Waals surface area contributed by atoms with Gasteiger partial charge in [-0.05, 0) is 34.5 Å². The first kappa shape index (κ1) is 12.1. The summed E-state index contributed by atoms with van der Waals surface area (Å²) in [7, 11) is 0. The number of hydrogen-bond donors (Lipinski definition) is 1. The van der Waals surface area contributed by atoms with E-state index in [1.54, 1.807) is 11.3 Å². The van der Waals surface area contributed by atoms with Gasteiger partial charge in [0.25, 0.3) is 0 Å². The topological polar surface area (TPSA) is 37.3 Å². The summed E-state index contributed by atoms with van der Waals surface area (Å²) in [5.74, 6) is 0.0641. The number of carboxylic acid groups (broad SMARTS) is 1. The lowest BCUT2D eigenvalue weighted by molar-refractivity contribution is -0.136. The SMILES string of the molecule is CCC(SCc1ccc(Br)s1)C(=O)O. The highest BCUT2D eigenvalue weighted by Gasteiger charge is 2.15. The van der Waals surface area contributed by atoms with E-state index in [9.17, 15) is 4.79 Å². The number of halogens is 1. The fraction of sp³-hybridized carbons (Fsp3) is 0.444. The van der Waals surface area contributed by atoms with Gasteiger partial charge in [-0.2, -0.15) is 0 Å². The number of thioether (sulfide) groups is 1. The quantitative estimate of drug-likeness (QED) is 0.901. The zero-order chi connectivity index (χ0) is 10.6. The van der Waals surface area contributed by atoms with E-state index in [1.807, 2.05) is 19.1 Å². The van der Waals surface area contributed by atoms with Gasteiger partial charge < -0.3 is 5.11 Å². The molecule has 0 fully saturated rings. The van der Waals surface area contributed by atoms with E-state index in [2.05, 4.69) is 15.9 Å². The molecule has 78 valence electrons. The van der Waals surface area contributed by atoms with Crippen LogP contribution in [-0.2, 0) is 10.5 Å². The van der Waals surface area contributed by atoms with Crippen LogP contribution >= 0.6 is 39.0 Å². The highest BCUT2D eigenvalue weighted by Crippen LogP contribution is 2.28. The Labute approximate surface area is 99.8 Å². The summed E-state index contributed by atoms with van der Waals surface area (Å²) in [6.07, 6.45) is 0.673. The molecule has 5 heteroatoms. The van der Waals surface area contributed by atoms with Crippen LogP contribution in [0.4, 0.5) is 0 Å². The summed E-state index contributed by atoms with van der Waals surface area (Å²) >= 11 is 6.52. The fourth-order valence-corrected chi connectivity index (χ4v) is 3.53. The van der Waals surface area contributed by atoms with Gasteiger partial charge in [-0.1, -0.05) is 6.92 Å².